The number of rotatable bonds is 3. The van der Waals surface area contributed by atoms with E-state index in [0.29, 0.717) is 13.1 Å². The van der Waals surface area contributed by atoms with Crippen LogP contribution in [0.25, 0.3) is 0 Å². The van der Waals surface area contributed by atoms with Gasteiger partial charge in [-0.2, -0.15) is 0 Å². The van der Waals surface area contributed by atoms with E-state index < -0.39 is 11.9 Å². The Morgan fingerprint density at radius 2 is 1.65 bits per heavy atom. The third kappa shape index (κ3) is 2.70. The lowest BCUT2D eigenvalue weighted by molar-refractivity contribution is -0.151. The smallest absolute Gasteiger partial charge is 0.307 e. The molecule has 138 valence electrons. The van der Waals surface area contributed by atoms with Crippen molar-refractivity contribution in [3.05, 3.63) is 41.5 Å². The van der Waals surface area contributed by atoms with Crippen molar-refractivity contribution in [3.8, 4) is 0 Å². The largest absolute Gasteiger partial charge is 0.481 e. The quantitative estimate of drug-likeness (QED) is 0.847. The molecule has 1 N–H and O–H groups in total. The van der Waals surface area contributed by atoms with Crippen LogP contribution in [0.5, 0.6) is 0 Å². The van der Waals surface area contributed by atoms with Gasteiger partial charge in [0.15, 0.2) is 0 Å². The molecule has 0 spiro atoms. The number of hydrogen-bond acceptors (Lipinski definition) is 3. The highest BCUT2D eigenvalue weighted by Gasteiger charge is 2.52. The molecule has 4 atom stereocenters. The normalized spacial score (nSPS) is 30.1. The molecule has 0 aromatic heterocycles. The first-order valence-corrected chi connectivity index (χ1v) is 9.48. The molecule has 5 heteroatoms. The molecule has 1 aromatic rings. The molecule has 26 heavy (non-hydrogen) atoms. The van der Waals surface area contributed by atoms with Crippen LogP contribution in [0, 0.1) is 37.5 Å². The van der Waals surface area contributed by atoms with E-state index in [1.807, 2.05) is 11.0 Å². The lowest BCUT2D eigenvalue weighted by Gasteiger charge is -2.39. The zero-order chi connectivity index (χ0) is 18.4. The average molecular weight is 354 g/mol. The second kappa shape index (κ2) is 6.45. The van der Waals surface area contributed by atoms with Gasteiger partial charge >= 0.3 is 5.97 Å². The molecule has 3 aliphatic rings. The molecule has 2 aliphatic carbocycles. The number of aryl methyl sites for hydroxylation is 1. The fraction of sp³-hybridized carbons (Fsp3) is 0.524. The van der Waals surface area contributed by atoms with Crippen molar-refractivity contribution in [2.75, 3.05) is 31.1 Å². The van der Waals surface area contributed by atoms with Crippen molar-refractivity contribution in [2.45, 2.75) is 20.3 Å². The maximum atomic E-state index is 13.1. The van der Waals surface area contributed by atoms with Crippen LogP contribution in [0.4, 0.5) is 5.69 Å². The second-order valence-electron chi connectivity index (χ2n) is 7.87. The number of hydrogen-bond donors (Lipinski definition) is 1. The van der Waals surface area contributed by atoms with E-state index in [4.69, 9.17) is 0 Å². The number of nitrogens with zero attached hydrogens (tertiary/aromatic N) is 2. The third-order valence-corrected chi connectivity index (χ3v) is 6.54. The van der Waals surface area contributed by atoms with Crippen molar-refractivity contribution >= 4 is 17.6 Å². The summed E-state index contributed by atoms with van der Waals surface area (Å²) in [4.78, 5) is 29.0. The van der Waals surface area contributed by atoms with Gasteiger partial charge in [0, 0.05) is 31.9 Å². The van der Waals surface area contributed by atoms with E-state index in [1.54, 1.807) is 0 Å². The zero-order valence-corrected chi connectivity index (χ0v) is 15.4. The molecule has 0 radical (unpaired) electrons. The summed E-state index contributed by atoms with van der Waals surface area (Å²) >= 11 is 0. The van der Waals surface area contributed by atoms with Gasteiger partial charge < -0.3 is 14.9 Å². The molecule has 2 fully saturated rings. The van der Waals surface area contributed by atoms with Gasteiger partial charge in [-0.25, -0.2) is 0 Å². The molecule has 2 bridgehead atoms. The number of benzene rings is 1. The summed E-state index contributed by atoms with van der Waals surface area (Å²) < 4.78 is 0. The van der Waals surface area contributed by atoms with E-state index in [2.05, 4.69) is 43.0 Å². The van der Waals surface area contributed by atoms with Crippen LogP contribution in [0.2, 0.25) is 0 Å². The number of aliphatic carboxylic acids is 1. The zero-order valence-electron chi connectivity index (χ0n) is 15.4. The van der Waals surface area contributed by atoms with Crippen LogP contribution in [0.1, 0.15) is 17.5 Å². The third-order valence-electron chi connectivity index (χ3n) is 6.54. The summed E-state index contributed by atoms with van der Waals surface area (Å²) in [6.45, 7) is 7.18. The van der Waals surface area contributed by atoms with Crippen molar-refractivity contribution < 1.29 is 14.7 Å². The van der Waals surface area contributed by atoms with E-state index in [9.17, 15) is 14.7 Å². The maximum Gasteiger partial charge on any atom is 0.307 e. The highest BCUT2D eigenvalue weighted by molar-refractivity contribution is 5.87. The van der Waals surface area contributed by atoms with Gasteiger partial charge in [0.2, 0.25) is 5.91 Å². The van der Waals surface area contributed by atoms with Gasteiger partial charge in [-0.1, -0.05) is 24.3 Å². The lowest BCUT2D eigenvalue weighted by atomic mass is 9.82. The molecule has 1 saturated carbocycles. The van der Waals surface area contributed by atoms with Crippen LogP contribution in [-0.4, -0.2) is 48.1 Å². The number of anilines is 1. The number of carbonyl (C=O) groups excluding carboxylic acids is 1. The SMILES string of the molecule is Cc1cccc(N2CCN(C(=O)[C@@H]3[C@@H](C(=O)O)[C@H]4C=C[C@H]3C4)CC2)c1C. The molecule has 0 unspecified atom stereocenters. The highest BCUT2D eigenvalue weighted by atomic mass is 16.4. The van der Waals surface area contributed by atoms with Crippen LogP contribution >= 0.6 is 0 Å². The number of piperazine rings is 1. The molecule has 5 nitrogen and oxygen atoms in total. The van der Waals surface area contributed by atoms with Crippen molar-refractivity contribution in [2.24, 2.45) is 23.7 Å². The Labute approximate surface area is 154 Å². The van der Waals surface area contributed by atoms with Gasteiger partial charge in [0.25, 0.3) is 0 Å². The van der Waals surface area contributed by atoms with Crippen molar-refractivity contribution in [1.82, 2.24) is 4.90 Å². The van der Waals surface area contributed by atoms with Gasteiger partial charge in [-0.3, -0.25) is 9.59 Å². The first kappa shape index (κ1) is 17.1. The predicted octanol–water partition coefficient (Wildman–Crippen LogP) is 2.47. The summed E-state index contributed by atoms with van der Waals surface area (Å²) in [6, 6.07) is 6.34. The summed E-state index contributed by atoms with van der Waals surface area (Å²) in [7, 11) is 0. The van der Waals surface area contributed by atoms with Gasteiger partial charge in [-0.15, -0.1) is 0 Å². The minimum Gasteiger partial charge on any atom is -0.481 e. The fourth-order valence-electron chi connectivity index (χ4n) is 4.95. The van der Waals surface area contributed by atoms with Gasteiger partial charge in [-0.05, 0) is 49.3 Å². The minimum absolute atomic E-state index is 0.0303. The predicted molar refractivity (Wildman–Crippen MR) is 100 cm³/mol. The van der Waals surface area contributed by atoms with Crippen LogP contribution in [0.15, 0.2) is 30.4 Å². The first-order valence-electron chi connectivity index (χ1n) is 9.48. The Morgan fingerprint density at radius 1 is 1.00 bits per heavy atom. The van der Waals surface area contributed by atoms with Crippen LogP contribution in [-0.2, 0) is 9.59 Å². The number of amides is 1. The van der Waals surface area contributed by atoms with E-state index in [0.717, 1.165) is 19.5 Å². The monoisotopic (exact) mass is 354 g/mol. The van der Waals surface area contributed by atoms with E-state index >= 15 is 0 Å². The number of carboxylic acid groups (broad SMARTS) is 1. The molecule has 1 aromatic carbocycles. The highest BCUT2D eigenvalue weighted by Crippen LogP contribution is 2.48. The molecule has 1 amide bonds. The van der Waals surface area contributed by atoms with Gasteiger partial charge in [0.05, 0.1) is 11.8 Å². The standard InChI is InChI=1S/C21H26N2O3/c1-13-4-3-5-17(14(13)2)22-8-10-23(11-9-22)20(24)18-15-6-7-16(12-15)19(18)21(25)26/h3-7,15-16,18-19H,8-12H2,1-2H3,(H,25,26)/t15-,16-,18-,19-/m0/s1. The number of carboxylic acids is 1. The topological polar surface area (TPSA) is 60.9 Å². The Morgan fingerprint density at radius 3 is 2.31 bits per heavy atom. The first-order chi connectivity index (χ1) is 12.5. The number of carbonyl (C=O) groups is 2. The Bertz CT molecular complexity index is 765. The minimum atomic E-state index is -0.825. The maximum absolute atomic E-state index is 13.1. The second-order valence-corrected chi connectivity index (χ2v) is 7.87. The van der Waals surface area contributed by atoms with Crippen LogP contribution < -0.4 is 4.90 Å². The van der Waals surface area contributed by atoms with Crippen LogP contribution in [0.3, 0.4) is 0 Å². The number of fused-ring (bicyclic) bond motifs is 2. The molecule has 4 rings (SSSR count). The van der Waals surface area contributed by atoms with E-state index in [-0.39, 0.29) is 23.7 Å². The molecule has 1 saturated heterocycles. The van der Waals surface area contributed by atoms with Crippen molar-refractivity contribution in [3.63, 3.8) is 0 Å². The summed E-state index contributed by atoms with van der Waals surface area (Å²) in [5.41, 5.74) is 3.80. The number of allylic oxidation sites excluding steroid dienone is 2. The molecular weight excluding hydrogens is 328 g/mol. The fourth-order valence-corrected chi connectivity index (χ4v) is 4.95. The van der Waals surface area contributed by atoms with E-state index in [1.165, 1.54) is 16.8 Å². The molecule has 1 aliphatic heterocycles. The molecule has 1 heterocycles. The summed E-state index contributed by atoms with van der Waals surface area (Å²) in [5, 5.41) is 9.59. The summed E-state index contributed by atoms with van der Waals surface area (Å²) in [5.74, 6) is -1.58. The van der Waals surface area contributed by atoms with Crippen molar-refractivity contribution in [1.29, 1.82) is 0 Å². The van der Waals surface area contributed by atoms with Gasteiger partial charge in [0.1, 0.15) is 0 Å². The Kier molecular flexibility index (Phi) is 4.25. The Hall–Kier alpha value is -2.30. The summed E-state index contributed by atoms with van der Waals surface area (Å²) in [6.07, 6.45) is 4.86. The molecular formula is C21H26N2O3. The lowest BCUT2D eigenvalue weighted by Crippen LogP contribution is -2.52. The Balaban J connectivity index is 1.45. The average Bonchev–Trinajstić information content (AvgIpc) is 3.25.